The summed E-state index contributed by atoms with van der Waals surface area (Å²) in [5, 5.41) is 0.575. The van der Waals surface area contributed by atoms with Crippen LogP contribution in [0.3, 0.4) is 0 Å². The third kappa shape index (κ3) is 5.46. The summed E-state index contributed by atoms with van der Waals surface area (Å²) in [5.74, 6) is -1.05. The van der Waals surface area contributed by atoms with E-state index in [1.165, 1.54) is 4.90 Å². The molecule has 0 radical (unpaired) electrons. The summed E-state index contributed by atoms with van der Waals surface area (Å²) in [5.41, 5.74) is 3.58. The van der Waals surface area contributed by atoms with Crippen LogP contribution in [0.25, 0.3) is 11.1 Å². The Balaban J connectivity index is 1.28. The van der Waals surface area contributed by atoms with Crippen molar-refractivity contribution in [2.45, 2.75) is 19.4 Å². The first-order chi connectivity index (χ1) is 18.0. The van der Waals surface area contributed by atoms with Gasteiger partial charge in [0.2, 0.25) is 0 Å². The van der Waals surface area contributed by atoms with Crippen LogP contribution in [0.1, 0.15) is 28.8 Å². The summed E-state index contributed by atoms with van der Waals surface area (Å²) in [6.07, 6.45) is 6.94. The van der Waals surface area contributed by atoms with Gasteiger partial charge in [0, 0.05) is 63.9 Å². The van der Waals surface area contributed by atoms with Crippen molar-refractivity contribution in [3.63, 3.8) is 0 Å². The second-order valence-corrected chi connectivity index (χ2v) is 9.17. The lowest BCUT2D eigenvalue weighted by atomic mass is 9.97. The molecule has 3 aliphatic rings. The fraction of sp³-hybridized carbons (Fsp3) is 0.286. The van der Waals surface area contributed by atoms with Gasteiger partial charge in [-0.2, -0.15) is 0 Å². The van der Waals surface area contributed by atoms with E-state index in [2.05, 4.69) is 4.90 Å². The summed E-state index contributed by atoms with van der Waals surface area (Å²) in [6, 6.07) is 16.0. The highest BCUT2D eigenvalue weighted by atomic mass is 16.7. The van der Waals surface area contributed by atoms with Crippen LogP contribution in [0.4, 0.5) is 4.79 Å². The Hall–Kier alpha value is -4.24. The molecule has 0 aliphatic carbocycles. The number of hydrogen-bond donors (Lipinski definition) is 0. The van der Waals surface area contributed by atoms with Crippen molar-refractivity contribution in [1.82, 2.24) is 19.8 Å². The maximum Gasteiger partial charge on any atom is 0.434 e. The van der Waals surface area contributed by atoms with E-state index in [4.69, 9.17) is 4.84 Å². The Morgan fingerprint density at radius 2 is 1.57 bits per heavy atom. The highest BCUT2D eigenvalue weighted by molar-refractivity contribution is 6.01. The van der Waals surface area contributed by atoms with Crippen LogP contribution < -0.4 is 0 Å². The molecule has 9 heteroatoms. The van der Waals surface area contributed by atoms with E-state index < -0.39 is 17.9 Å². The van der Waals surface area contributed by atoms with Crippen LogP contribution in [0.5, 0.6) is 0 Å². The van der Waals surface area contributed by atoms with Gasteiger partial charge in [-0.1, -0.05) is 54.6 Å². The molecule has 2 fully saturated rings. The van der Waals surface area contributed by atoms with Crippen molar-refractivity contribution >= 4 is 23.8 Å². The second-order valence-electron chi connectivity index (χ2n) is 9.17. The molecule has 0 bridgehead atoms. The Morgan fingerprint density at radius 3 is 2.24 bits per heavy atom. The van der Waals surface area contributed by atoms with E-state index >= 15 is 0 Å². The quantitative estimate of drug-likeness (QED) is 0.586. The molecule has 2 aromatic carbocycles. The number of amides is 4. The lowest BCUT2D eigenvalue weighted by Gasteiger charge is -2.34. The number of rotatable bonds is 5. The predicted octanol–water partition coefficient (Wildman–Crippen LogP) is 3.20. The second kappa shape index (κ2) is 10.8. The van der Waals surface area contributed by atoms with Crippen molar-refractivity contribution in [2.75, 3.05) is 32.7 Å². The van der Waals surface area contributed by atoms with Gasteiger partial charge in [-0.3, -0.25) is 19.3 Å². The first kappa shape index (κ1) is 24.5. The zero-order chi connectivity index (χ0) is 25.8. The van der Waals surface area contributed by atoms with Crippen molar-refractivity contribution < 1.29 is 24.0 Å². The Kier molecular flexibility index (Phi) is 7.14. The fourth-order valence-electron chi connectivity index (χ4n) is 4.62. The molecule has 0 saturated carbocycles. The van der Waals surface area contributed by atoms with E-state index in [1.807, 2.05) is 66.8 Å². The number of piperazine rings is 1. The molecule has 0 unspecified atom stereocenters. The Morgan fingerprint density at radius 1 is 0.838 bits per heavy atom. The largest absolute Gasteiger partial charge is 0.434 e. The average Bonchev–Trinajstić information content (AvgIpc) is 3.26. The van der Waals surface area contributed by atoms with Crippen molar-refractivity contribution in [3.8, 4) is 11.1 Å². The van der Waals surface area contributed by atoms with Gasteiger partial charge in [0.05, 0.1) is 0 Å². The number of carbonyl (C=O) groups excluding carboxylic acids is 4. The monoisotopic (exact) mass is 500 g/mol. The predicted molar refractivity (Wildman–Crippen MR) is 136 cm³/mol. The zero-order valence-corrected chi connectivity index (χ0v) is 20.4. The van der Waals surface area contributed by atoms with Gasteiger partial charge in [-0.25, -0.2) is 4.79 Å². The van der Waals surface area contributed by atoms with E-state index in [1.54, 1.807) is 11.1 Å². The van der Waals surface area contributed by atoms with Crippen molar-refractivity contribution in [2.24, 2.45) is 0 Å². The Bertz CT molecular complexity index is 1250. The number of nitrogens with zero attached hydrogens (tertiary/aromatic N) is 4. The van der Waals surface area contributed by atoms with Crippen LogP contribution in [0.15, 0.2) is 73.0 Å². The molecule has 0 spiro atoms. The third-order valence-corrected chi connectivity index (χ3v) is 6.72. The minimum Gasteiger partial charge on any atom is -0.311 e. The molecule has 9 nitrogen and oxygen atoms in total. The lowest BCUT2D eigenvalue weighted by Crippen LogP contribution is -2.50. The van der Waals surface area contributed by atoms with E-state index in [9.17, 15) is 19.2 Å². The molecule has 0 atom stereocenters. The summed E-state index contributed by atoms with van der Waals surface area (Å²) in [6.45, 7) is 2.98. The van der Waals surface area contributed by atoms with Crippen molar-refractivity contribution in [3.05, 3.63) is 84.1 Å². The molecule has 2 aromatic rings. The van der Waals surface area contributed by atoms with Crippen LogP contribution in [-0.2, 0) is 21.0 Å². The maximum absolute atomic E-state index is 13.5. The topological polar surface area (TPSA) is 90.5 Å². The smallest absolute Gasteiger partial charge is 0.311 e. The van der Waals surface area contributed by atoms with Gasteiger partial charge in [0.15, 0.2) is 0 Å². The van der Waals surface area contributed by atoms with Gasteiger partial charge in [-0.15, -0.1) is 5.06 Å². The van der Waals surface area contributed by atoms with Gasteiger partial charge in [0.1, 0.15) is 0 Å². The number of hydrogen-bond acceptors (Lipinski definition) is 6. The summed E-state index contributed by atoms with van der Waals surface area (Å²) in [4.78, 5) is 59.9. The molecule has 3 heterocycles. The summed E-state index contributed by atoms with van der Waals surface area (Å²) >= 11 is 0. The molecular weight excluding hydrogens is 472 g/mol. The first-order valence-electron chi connectivity index (χ1n) is 12.4. The average molecular weight is 501 g/mol. The summed E-state index contributed by atoms with van der Waals surface area (Å²) in [7, 11) is 0. The number of benzene rings is 2. The van der Waals surface area contributed by atoms with Crippen molar-refractivity contribution in [1.29, 1.82) is 0 Å². The molecule has 2 saturated heterocycles. The van der Waals surface area contributed by atoms with E-state index in [0.717, 1.165) is 16.7 Å². The molecule has 4 amide bonds. The number of carbonyl (C=O) groups is 4. The zero-order valence-electron chi connectivity index (χ0n) is 20.4. The fourth-order valence-corrected chi connectivity index (χ4v) is 4.62. The van der Waals surface area contributed by atoms with Crippen LogP contribution >= 0.6 is 0 Å². The highest BCUT2D eigenvalue weighted by Gasteiger charge is 2.35. The number of imide groups is 1. The van der Waals surface area contributed by atoms with E-state index in [-0.39, 0.29) is 18.7 Å². The maximum atomic E-state index is 13.5. The normalized spacial score (nSPS) is 18.0. The molecule has 0 aromatic heterocycles. The van der Waals surface area contributed by atoms with Gasteiger partial charge < -0.3 is 14.6 Å². The third-order valence-electron chi connectivity index (χ3n) is 6.72. The highest BCUT2D eigenvalue weighted by Crippen LogP contribution is 2.25. The SMILES string of the molecule is O=C(c1cc(-c2ccccc2)ccc1CN1CCN(C(=O)ON2C(=O)CCC2=O)CC1)N1C=CC=CC1. The molecule has 37 heavy (non-hydrogen) atoms. The van der Waals surface area contributed by atoms with Gasteiger partial charge >= 0.3 is 6.09 Å². The number of allylic oxidation sites excluding steroid dienone is 2. The lowest BCUT2D eigenvalue weighted by molar-refractivity contribution is -0.174. The standard InChI is InChI=1S/C28H28N4O5/c33-25-11-12-26(34)32(25)37-28(36)31-17-15-29(16-18-31)20-23-10-9-22(21-7-3-1-4-8-21)19-24(23)27(35)30-13-5-2-6-14-30/h1-10,13,19H,11-12,14-18,20H2. The minimum absolute atomic E-state index is 0.0597. The minimum atomic E-state index is -0.698. The van der Waals surface area contributed by atoms with Gasteiger partial charge in [-0.05, 0) is 28.8 Å². The van der Waals surface area contributed by atoms with Crippen LogP contribution in [0, 0.1) is 0 Å². The molecule has 190 valence electrons. The Labute approximate surface area is 215 Å². The van der Waals surface area contributed by atoms with E-state index in [0.29, 0.717) is 49.9 Å². The first-order valence-corrected chi connectivity index (χ1v) is 12.4. The molecule has 3 aliphatic heterocycles. The number of hydroxylamine groups is 2. The van der Waals surface area contributed by atoms with Crippen LogP contribution in [-0.4, -0.2) is 76.3 Å². The summed E-state index contributed by atoms with van der Waals surface area (Å²) < 4.78 is 0. The molecular formula is C28H28N4O5. The van der Waals surface area contributed by atoms with Gasteiger partial charge in [0.25, 0.3) is 17.7 Å². The van der Waals surface area contributed by atoms with Crippen LogP contribution in [0.2, 0.25) is 0 Å². The molecule has 5 rings (SSSR count). The molecule has 0 N–H and O–H groups in total.